The molecule has 1 aromatic heterocycles. The Morgan fingerprint density at radius 3 is 1.39 bits per heavy atom. The van der Waals surface area contributed by atoms with Crippen molar-refractivity contribution in [2.45, 2.75) is 101 Å². The molecule has 0 saturated carbocycles. The van der Waals surface area contributed by atoms with Crippen molar-refractivity contribution < 1.29 is 0 Å². The second-order valence-corrected chi connectivity index (χ2v) is 18.3. The number of fused-ring (bicyclic) bond motifs is 2. The van der Waals surface area contributed by atoms with Crippen LogP contribution in [0.3, 0.4) is 0 Å². The molecule has 0 amide bonds. The van der Waals surface area contributed by atoms with Crippen LogP contribution >= 0.6 is 0 Å². The SMILES string of the molecule is CCC1=c2c(-c3ccc(N(CC(C)C)c4ccccc4)cc3)c3nc(CC)c(CC)nc3c(-c3ccc(N(CC(C)C)c4ccccc4)cc3)c2=CC(CC)N(CC(C)C)C1. The van der Waals surface area contributed by atoms with Gasteiger partial charge in [-0.3, -0.25) is 4.90 Å². The molecule has 5 heteroatoms. The quantitative estimate of drug-likeness (QED) is 0.0973. The molecule has 5 nitrogen and oxygen atoms in total. The molecule has 1 aliphatic rings. The molecule has 1 atom stereocenters. The zero-order valence-electron chi connectivity index (χ0n) is 38.7. The van der Waals surface area contributed by atoms with Gasteiger partial charge >= 0.3 is 0 Å². The summed E-state index contributed by atoms with van der Waals surface area (Å²) in [5, 5.41) is 2.66. The summed E-state index contributed by atoms with van der Waals surface area (Å²) in [5.41, 5.74) is 15.3. The fourth-order valence-corrected chi connectivity index (χ4v) is 9.39. The molecule has 318 valence electrons. The topological polar surface area (TPSA) is 35.5 Å². The summed E-state index contributed by atoms with van der Waals surface area (Å²) in [4.78, 5) is 19.0. The molecule has 0 N–H and O–H groups in total. The Morgan fingerprint density at radius 1 is 0.541 bits per heavy atom. The third-order valence-corrected chi connectivity index (χ3v) is 12.2. The van der Waals surface area contributed by atoms with E-state index in [9.17, 15) is 0 Å². The maximum absolute atomic E-state index is 5.68. The number of rotatable bonds is 16. The molecule has 61 heavy (non-hydrogen) atoms. The number of para-hydroxylation sites is 2. The summed E-state index contributed by atoms with van der Waals surface area (Å²) in [7, 11) is 0. The molecule has 5 aromatic carbocycles. The number of hydrogen-bond donors (Lipinski definition) is 0. The molecular formula is C56H69N5. The Kier molecular flexibility index (Phi) is 14.1. The van der Waals surface area contributed by atoms with E-state index in [0.29, 0.717) is 23.8 Å². The lowest BCUT2D eigenvalue weighted by Gasteiger charge is -2.30. The molecule has 2 heterocycles. The van der Waals surface area contributed by atoms with E-state index in [-0.39, 0.29) is 0 Å². The lowest BCUT2D eigenvalue weighted by molar-refractivity contribution is 0.234. The van der Waals surface area contributed by atoms with E-state index in [2.05, 4.69) is 199 Å². The van der Waals surface area contributed by atoms with E-state index in [1.807, 2.05) is 0 Å². The Balaban J connectivity index is 1.55. The number of nitrogens with zero attached hydrogens (tertiary/aromatic N) is 5. The van der Waals surface area contributed by atoms with Gasteiger partial charge in [-0.25, -0.2) is 9.97 Å². The highest BCUT2D eigenvalue weighted by molar-refractivity contribution is 6.02. The molecule has 1 unspecified atom stereocenters. The lowest BCUT2D eigenvalue weighted by Crippen LogP contribution is -2.37. The van der Waals surface area contributed by atoms with Gasteiger partial charge in [-0.2, -0.15) is 0 Å². The van der Waals surface area contributed by atoms with E-state index < -0.39 is 0 Å². The van der Waals surface area contributed by atoms with Gasteiger partial charge in [0.25, 0.3) is 0 Å². The molecule has 0 radical (unpaired) electrons. The molecular weight excluding hydrogens is 743 g/mol. The largest absolute Gasteiger partial charge is 0.341 e. The van der Waals surface area contributed by atoms with Crippen molar-refractivity contribution in [1.82, 2.24) is 14.9 Å². The molecule has 0 bridgehead atoms. The van der Waals surface area contributed by atoms with Gasteiger partial charge < -0.3 is 9.80 Å². The van der Waals surface area contributed by atoms with Crippen LogP contribution in [0, 0.1) is 17.8 Å². The molecule has 0 fully saturated rings. The van der Waals surface area contributed by atoms with Crippen LogP contribution in [0.1, 0.15) is 93.5 Å². The molecule has 6 aromatic rings. The zero-order chi connectivity index (χ0) is 43.2. The van der Waals surface area contributed by atoms with E-state index >= 15 is 0 Å². The van der Waals surface area contributed by atoms with Gasteiger partial charge in [-0.05, 0) is 119 Å². The first kappa shape index (κ1) is 43.8. The minimum atomic E-state index is 0.291. The maximum atomic E-state index is 5.68. The highest BCUT2D eigenvalue weighted by atomic mass is 15.2. The van der Waals surface area contributed by atoms with Crippen molar-refractivity contribution in [2.24, 2.45) is 17.8 Å². The smallest absolute Gasteiger partial charge is 0.0981 e. The van der Waals surface area contributed by atoms with Crippen LogP contribution in [0.25, 0.3) is 44.9 Å². The van der Waals surface area contributed by atoms with Crippen LogP contribution in [-0.2, 0) is 12.8 Å². The van der Waals surface area contributed by atoms with Gasteiger partial charge in [0.15, 0.2) is 0 Å². The zero-order valence-corrected chi connectivity index (χ0v) is 38.7. The van der Waals surface area contributed by atoms with Crippen molar-refractivity contribution in [3.05, 3.63) is 131 Å². The predicted octanol–water partition coefficient (Wildman–Crippen LogP) is 12.8. The average Bonchev–Trinajstić information content (AvgIpc) is 3.42. The van der Waals surface area contributed by atoms with Gasteiger partial charge in [-0.1, -0.05) is 136 Å². The predicted molar refractivity (Wildman–Crippen MR) is 264 cm³/mol. The number of hydrogen-bond acceptors (Lipinski definition) is 5. The summed E-state index contributed by atoms with van der Waals surface area (Å²) in [6, 6.07) is 40.6. The van der Waals surface area contributed by atoms with Crippen molar-refractivity contribution >= 4 is 45.4 Å². The first-order chi connectivity index (χ1) is 29.5. The number of aromatic nitrogens is 2. The van der Waals surface area contributed by atoms with Crippen LogP contribution in [0.15, 0.2) is 109 Å². The van der Waals surface area contributed by atoms with Crippen LogP contribution in [0.5, 0.6) is 0 Å². The summed E-state index contributed by atoms with van der Waals surface area (Å²) in [6.45, 7) is 26.9. The molecule has 7 rings (SSSR count). The van der Waals surface area contributed by atoms with Gasteiger partial charge in [0.2, 0.25) is 0 Å². The van der Waals surface area contributed by atoms with Crippen LogP contribution in [-0.4, -0.2) is 47.1 Å². The molecule has 0 aliphatic carbocycles. The van der Waals surface area contributed by atoms with Crippen LogP contribution in [0.2, 0.25) is 0 Å². The summed E-state index contributed by atoms with van der Waals surface area (Å²) in [5.74, 6) is 1.57. The first-order valence-corrected chi connectivity index (χ1v) is 23.2. The van der Waals surface area contributed by atoms with Gasteiger partial charge in [0, 0.05) is 66.1 Å². The van der Waals surface area contributed by atoms with E-state index in [1.165, 1.54) is 61.0 Å². The Bertz CT molecular complexity index is 2500. The highest BCUT2D eigenvalue weighted by Gasteiger charge is 2.27. The lowest BCUT2D eigenvalue weighted by atomic mass is 9.89. The minimum absolute atomic E-state index is 0.291. The van der Waals surface area contributed by atoms with Crippen molar-refractivity contribution in [2.75, 3.05) is 36.0 Å². The van der Waals surface area contributed by atoms with Crippen molar-refractivity contribution in [1.29, 1.82) is 0 Å². The Labute approximate surface area is 366 Å². The van der Waals surface area contributed by atoms with Crippen molar-refractivity contribution in [3.8, 4) is 22.3 Å². The highest BCUT2D eigenvalue weighted by Crippen LogP contribution is 2.36. The first-order valence-electron chi connectivity index (χ1n) is 23.2. The van der Waals surface area contributed by atoms with Crippen LogP contribution < -0.4 is 20.2 Å². The second-order valence-electron chi connectivity index (χ2n) is 18.3. The maximum Gasteiger partial charge on any atom is 0.0981 e. The number of benzene rings is 5. The second kappa shape index (κ2) is 19.6. The third kappa shape index (κ3) is 9.48. The summed E-state index contributed by atoms with van der Waals surface area (Å²) in [6.07, 6.45) is 6.29. The third-order valence-electron chi connectivity index (χ3n) is 12.2. The van der Waals surface area contributed by atoms with Crippen LogP contribution in [0.4, 0.5) is 22.7 Å². The minimum Gasteiger partial charge on any atom is -0.341 e. The van der Waals surface area contributed by atoms with Gasteiger partial charge in [-0.15, -0.1) is 0 Å². The fourth-order valence-electron chi connectivity index (χ4n) is 9.39. The van der Waals surface area contributed by atoms with Gasteiger partial charge in [0.1, 0.15) is 0 Å². The summed E-state index contributed by atoms with van der Waals surface area (Å²) >= 11 is 0. The molecule has 1 aliphatic heterocycles. The Morgan fingerprint density at radius 2 is 0.984 bits per heavy atom. The monoisotopic (exact) mass is 812 g/mol. The summed E-state index contributed by atoms with van der Waals surface area (Å²) < 4.78 is 0. The van der Waals surface area contributed by atoms with Crippen molar-refractivity contribution in [3.63, 3.8) is 0 Å². The van der Waals surface area contributed by atoms with E-state index in [4.69, 9.17) is 9.97 Å². The molecule has 0 saturated heterocycles. The fraction of sp³-hybridized carbons (Fsp3) is 0.393. The van der Waals surface area contributed by atoms with Gasteiger partial charge in [0.05, 0.1) is 22.4 Å². The van der Waals surface area contributed by atoms with E-state index in [0.717, 1.165) is 74.3 Å². The normalized spacial score (nSPS) is 14.4. The average molecular weight is 812 g/mol. The molecule has 0 spiro atoms. The van der Waals surface area contributed by atoms with E-state index in [1.54, 1.807) is 0 Å². The Hall–Kier alpha value is -5.26. The standard InChI is InChI=1S/C56H69N5/c1-11-41-37-59(34-38(5)6)44(12-2)33-49-52(41)54(43-27-31-48(32-28-43)61(36-40(9)10)46-23-19-16-20-24-46)56-55(57-50(13-3)51(14-4)58-56)53(49)42-25-29-47(30-26-42)60(35-39(7)8)45-21-17-15-18-22-45/h15-33,38-40,44H,11-14,34-37H2,1-10H3. The number of anilines is 4. The number of aryl methyl sites for hydroxylation is 2.